The number of ether oxygens (including phenoxy) is 1. The third-order valence-corrected chi connectivity index (χ3v) is 6.22. The minimum absolute atomic E-state index is 0.0508. The van der Waals surface area contributed by atoms with E-state index < -0.39 is 0 Å². The highest BCUT2D eigenvalue weighted by molar-refractivity contribution is 6.31. The van der Waals surface area contributed by atoms with Gasteiger partial charge in [0, 0.05) is 12.1 Å². The molecule has 0 radical (unpaired) electrons. The van der Waals surface area contributed by atoms with Crippen LogP contribution < -0.4 is 10.1 Å². The SMILES string of the molecule is Cc1nc2c3c(nn2c(C)c1Cl)CN(C(=O)c1ccccc1O[C@@H]1CCNC1)C3. The summed E-state index contributed by atoms with van der Waals surface area (Å²) in [6, 6.07) is 7.47. The molecule has 4 heterocycles. The Kier molecular flexibility index (Phi) is 4.44. The Morgan fingerprint density at radius 2 is 2.10 bits per heavy atom. The zero-order chi connectivity index (χ0) is 20.1. The number of benzene rings is 1. The van der Waals surface area contributed by atoms with Crippen molar-refractivity contribution in [3.05, 3.63) is 57.5 Å². The highest BCUT2D eigenvalue weighted by Crippen LogP contribution is 2.31. The van der Waals surface area contributed by atoms with E-state index in [0.717, 1.165) is 47.8 Å². The number of nitrogens with zero attached hydrogens (tertiary/aromatic N) is 4. The van der Waals surface area contributed by atoms with Gasteiger partial charge in [0.25, 0.3) is 5.91 Å². The maximum absolute atomic E-state index is 13.3. The van der Waals surface area contributed by atoms with Crippen molar-refractivity contribution in [3.63, 3.8) is 0 Å². The topological polar surface area (TPSA) is 71.8 Å². The Labute approximate surface area is 173 Å². The van der Waals surface area contributed by atoms with E-state index in [-0.39, 0.29) is 12.0 Å². The summed E-state index contributed by atoms with van der Waals surface area (Å²) in [6.07, 6.45) is 1.05. The molecule has 0 saturated carbocycles. The van der Waals surface area contributed by atoms with Gasteiger partial charge in [-0.2, -0.15) is 5.10 Å². The number of halogens is 1. The van der Waals surface area contributed by atoms with E-state index in [4.69, 9.17) is 16.3 Å². The van der Waals surface area contributed by atoms with Crippen LogP contribution in [-0.2, 0) is 13.1 Å². The third-order valence-electron chi connectivity index (χ3n) is 5.67. The maximum Gasteiger partial charge on any atom is 0.258 e. The number of para-hydroxylation sites is 1. The molecule has 0 aliphatic carbocycles. The second-order valence-electron chi connectivity index (χ2n) is 7.65. The van der Waals surface area contributed by atoms with Gasteiger partial charge in [0.15, 0.2) is 5.65 Å². The van der Waals surface area contributed by atoms with Crippen molar-refractivity contribution >= 4 is 23.2 Å². The Morgan fingerprint density at radius 1 is 1.28 bits per heavy atom. The van der Waals surface area contributed by atoms with Crippen LogP contribution in [0.5, 0.6) is 5.75 Å². The fraction of sp³-hybridized carbons (Fsp3) is 0.381. The predicted octanol–water partition coefficient (Wildman–Crippen LogP) is 2.90. The van der Waals surface area contributed by atoms with Crippen LogP contribution in [0.25, 0.3) is 5.65 Å². The molecule has 5 rings (SSSR count). The van der Waals surface area contributed by atoms with Crippen LogP contribution in [-0.4, -0.2) is 44.6 Å². The minimum atomic E-state index is -0.0508. The Hall–Kier alpha value is -2.64. The molecule has 1 fully saturated rings. The monoisotopic (exact) mass is 411 g/mol. The molecule has 2 aliphatic heterocycles. The van der Waals surface area contributed by atoms with Crippen LogP contribution in [0.15, 0.2) is 24.3 Å². The van der Waals surface area contributed by atoms with Gasteiger partial charge in [-0.1, -0.05) is 23.7 Å². The largest absolute Gasteiger partial charge is 0.488 e. The van der Waals surface area contributed by atoms with Crippen molar-refractivity contribution in [3.8, 4) is 5.75 Å². The molecule has 3 aromatic rings. The van der Waals surface area contributed by atoms with Crippen molar-refractivity contribution in [2.45, 2.75) is 39.5 Å². The number of hydrogen-bond donors (Lipinski definition) is 1. The average Bonchev–Trinajstić information content (AvgIpc) is 3.44. The molecule has 0 spiro atoms. The molecule has 8 heteroatoms. The summed E-state index contributed by atoms with van der Waals surface area (Å²) in [6.45, 7) is 6.50. The molecule has 1 aromatic carbocycles. The molecule has 0 unspecified atom stereocenters. The van der Waals surface area contributed by atoms with E-state index in [0.29, 0.717) is 29.4 Å². The summed E-state index contributed by atoms with van der Waals surface area (Å²) < 4.78 is 7.89. The first-order valence-corrected chi connectivity index (χ1v) is 10.2. The zero-order valence-electron chi connectivity index (χ0n) is 16.4. The zero-order valence-corrected chi connectivity index (χ0v) is 17.2. The number of rotatable bonds is 3. The van der Waals surface area contributed by atoms with Crippen LogP contribution in [0, 0.1) is 13.8 Å². The van der Waals surface area contributed by atoms with Crippen molar-refractivity contribution in [2.75, 3.05) is 13.1 Å². The molecule has 1 saturated heterocycles. The second-order valence-corrected chi connectivity index (χ2v) is 8.03. The molecule has 7 nitrogen and oxygen atoms in total. The first-order chi connectivity index (χ1) is 14.0. The summed E-state index contributed by atoms with van der Waals surface area (Å²) in [5, 5.41) is 8.57. The lowest BCUT2D eigenvalue weighted by Gasteiger charge is -2.20. The summed E-state index contributed by atoms with van der Waals surface area (Å²) in [4.78, 5) is 19.7. The molecule has 150 valence electrons. The number of aromatic nitrogens is 3. The number of carbonyl (C=O) groups is 1. The van der Waals surface area contributed by atoms with Crippen LogP contribution in [0.2, 0.25) is 5.02 Å². The van der Waals surface area contributed by atoms with E-state index >= 15 is 0 Å². The van der Waals surface area contributed by atoms with Crippen LogP contribution in [0.1, 0.15) is 39.4 Å². The smallest absolute Gasteiger partial charge is 0.258 e. The lowest BCUT2D eigenvalue weighted by Crippen LogP contribution is -2.27. The van der Waals surface area contributed by atoms with Crippen molar-refractivity contribution in [2.24, 2.45) is 0 Å². The first kappa shape index (κ1) is 18.4. The molecule has 29 heavy (non-hydrogen) atoms. The van der Waals surface area contributed by atoms with Crippen LogP contribution >= 0.6 is 11.6 Å². The maximum atomic E-state index is 13.3. The average molecular weight is 412 g/mol. The molecular formula is C21H22ClN5O2. The number of hydrogen-bond acceptors (Lipinski definition) is 5. The molecule has 0 bridgehead atoms. The lowest BCUT2D eigenvalue weighted by atomic mass is 10.1. The molecule has 2 aliphatic rings. The van der Waals surface area contributed by atoms with Crippen molar-refractivity contribution < 1.29 is 9.53 Å². The van der Waals surface area contributed by atoms with Crippen molar-refractivity contribution in [1.29, 1.82) is 0 Å². The highest BCUT2D eigenvalue weighted by Gasteiger charge is 2.32. The first-order valence-electron chi connectivity index (χ1n) is 9.82. The van der Waals surface area contributed by atoms with Gasteiger partial charge in [0.1, 0.15) is 11.9 Å². The molecule has 1 amide bonds. The number of fused-ring (bicyclic) bond motifs is 3. The Bertz CT molecular complexity index is 1120. The molecule has 1 atom stereocenters. The molecular weight excluding hydrogens is 390 g/mol. The van der Waals surface area contributed by atoms with E-state index in [2.05, 4.69) is 15.4 Å². The van der Waals surface area contributed by atoms with Gasteiger partial charge in [0.2, 0.25) is 0 Å². The lowest BCUT2D eigenvalue weighted by molar-refractivity contribution is 0.0743. The summed E-state index contributed by atoms with van der Waals surface area (Å²) in [5.41, 5.74) is 4.85. The second kappa shape index (κ2) is 7.00. The minimum Gasteiger partial charge on any atom is -0.488 e. The number of carbonyl (C=O) groups excluding carboxylic acids is 1. The normalized spacial score (nSPS) is 18.4. The quantitative estimate of drug-likeness (QED) is 0.717. The molecule has 1 N–H and O–H groups in total. The van der Waals surface area contributed by atoms with E-state index in [1.807, 2.05) is 38.1 Å². The van der Waals surface area contributed by atoms with E-state index in [1.54, 1.807) is 9.42 Å². The van der Waals surface area contributed by atoms with Crippen molar-refractivity contribution in [1.82, 2.24) is 24.8 Å². The number of nitrogens with one attached hydrogen (secondary N) is 1. The Morgan fingerprint density at radius 3 is 2.90 bits per heavy atom. The third kappa shape index (κ3) is 3.05. The van der Waals surface area contributed by atoms with E-state index in [9.17, 15) is 4.79 Å². The van der Waals surface area contributed by atoms with Gasteiger partial charge in [-0.15, -0.1) is 0 Å². The fourth-order valence-corrected chi connectivity index (χ4v) is 4.20. The van der Waals surface area contributed by atoms with Gasteiger partial charge in [-0.25, -0.2) is 9.50 Å². The van der Waals surface area contributed by atoms with Gasteiger partial charge >= 0.3 is 0 Å². The standard InChI is InChI=1S/C21H22ClN5O2/c1-12-19(22)13(2)27-20(24-12)16-10-26(11-17(16)25-27)21(28)15-5-3-4-6-18(15)29-14-7-8-23-9-14/h3-6,14,23H,7-11H2,1-2H3/t14-/m1/s1. The predicted molar refractivity (Wildman–Crippen MR) is 109 cm³/mol. The summed E-state index contributed by atoms with van der Waals surface area (Å²) in [7, 11) is 0. The van der Waals surface area contributed by atoms with E-state index in [1.165, 1.54) is 0 Å². The highest BCUT2D eigenvalue weighted by atomic mass is 35.5. The van der Waals surface area contributed by atoms with Gasteiger partial charge in [-0.3, -0.25) is 4.79 Å². The Balaban J connectivity index is 1.43. The van der Waals surface area contributed by atoms with Gasteiger partial charge < -0.3 is 15.0 Å². The summed E-state index contributed by atoms with van der Waals surface area (Å²) >= 11 is 6.32. The fourth-order valence-electron chi connectivity index (χ4n) is 4.08. The van der Waals surface area contributed by atoms with Crippen LogP contribution in [0.4, 0.5) is 0 Å². The van der Waals surface area contributed by atoms with Gasteiger partial charge in [0.05, 0.1) is 40.8 Å². The summed E-state index contributed by atoms with van der Waals surface area (Å²) in [5.74, 6) is 0.590. The number of amides is 1. The van der Waals surface area contributed by atoms with Crippen LogP contribution in [0.3, 0.4) is 0 Å². The molecule has 2 aromatic heterocycles. The van der Waals surface area contributed by atoms with Gasteiger partial charge in [-0.05, 0) is 38.9 Å². The number of aryl methyl sites for hydroxylation is 2.